The molecule has 0 amide bonds. The van der Waals surface area contributed by atoms with Crippen LogP contribution in [0.4, 0.5) is 22.0 Å². The number of aromatic carboxylic acids is 1. The van der Waals surface area contributed by atoms with Crippen molar-refractivity contribution < 1.29 is 41.8 Å². The first-order valence-corrected chi connectivity index (χ1v) is 9.63. The van der Waals surface area contributed by atoms with Gasteiger partial charge in [0.2, 0.25) is 0 Å². The zero-order valence-electron chi connectivity index (χ0n) is 16.5. The van der Waals surface area contributed by atoms with E-state index in [9.17, 15) is 36.6 Å². The van der Waals surface area contributed by atoms with Gasteiger partial charge >= 0.3 is 12.1 Å². The van der Waals surface area contributed by atoms with Crippen LogP contribution in [0.5, 0.6) is 5.75 Å². The Hall–Kier alpha value is -3.99. The standard InChI is InChI=1S/C22H10ClF5N2O4/c23-11-4-1-3-10(22(26,27)28)16(11)20(32)30-14-6-2-5-12(24)17(14)19(29-30)9-7-13(25)18(21(33)34)15(31)8-9/h1-8,31H,(H,33,34). The Balaban J connectivity index is 2.01. The van der Waals surface area contributed by atoms with E-state index in [1.807, 2.05) is 0 Å². The number of halogens is 6. The van der Waals surface area contributed by atoms with Gasteiger partial charge in [-0.05, 0) is 36.4 Å². The summed E-state index contributed by atoms with van der Waals surface area (Å²) in [5.41, 5.74) is -4.34. The van der Waals surface area contributed by atoms with E-state index in [2.05, 4.69) is 5.10 Å². The van der Waals surface area contributed by atoms with Crippen LogP contribution in [-0.2, 0) is 6.18 Å². The van der Waals surface area contributed by atoms with Gasteiger partial charge in [0.15, 0.2) is 0 Å². The molecule has 0 spiro atoms. The van der Waals surface area contributed by atoms with E-state index in [4.69, 9.17) is 16.7 Å². The number of alkyl halides is 3. The maximum absolute atomic E-state index is 14.7. The van der Waals surface area contributed by atoms with Crippen LogP contribution in [0.15, 0.2) is 48.5 Å². The van der Waals surface area contributed by atoms with Gasteiger partial charge in [-0.3, -0.25) is 4.79 Å². The molecule has 2 N–H and O–H groups in total. The molecule has 0 saturated heterocycles. The lowest BCUT2D eigenvalue weighted by molar-refractivity contribution is -0.137. The summed E-state index contributed by atoms with van der Waals surface area (Å²) in [7, 11) is 0. The number of carbonyl (C=O) groups is 2. The minimum Gasteiger partial charge on any atom is -0.507 e. The molecule has 4 aromatic rings. The molecule has 1 heterocycles. The topological polar surface area (TPSA) is 92.4 Å². The van der Waals surface area contributed by atoms with E-state index in [0.29, 0.717) is 16.8 Å². The largest absolute Gasteiger partial charge is 0.507 e. The molecule has 0 bridgehead atoms. The number of hydrogen-bond donors (Lipinski definition) is 2. The third kappa shape index (κ3) is 3.73. The maximum Gasteiger partial charge on any atom is 0.417 e. The van der Waals surface area contributed by atoms with E-state index >= 15 is 0 Å². The van der Waals surface area contributed by atoms with Crippen molar-refractivity contribution in [3.63, 3.8) is 0 Å². The molecule has 34 heavy (non-hydrogen) atoms. The van der Waals surface area contributed by atoms with Crippen molar-refractivity contribution in [1.29, 1.82) is 0 Å². The molecule has 0 aliphatic rings. The molecule has 0 aliphatic carbocycles. The van der Waals surface area contributed by atoms with Gasteiger partial charge in [-0.15, -0.1) is 0 Å². The number of fused-ring (bicyclic) bond motifs is 1. The zero-order valence-corrected chi connectivity index (χ0v) is 17.2. The molecule has 0 unspecified atom stereocenters. The highest BCUT2D eigenvalue weighted by atomic mass is 35.5. The molecule has 0 atom stereocenters. The quantitative estimate of drug-likeness (QED) is 0.353. The lowest BCUT2D eigenvalue weighted by Crippen LogP contribution is -2.20. The van der Waals surface area contributed by atoms with Crippen LogP contribution in [0.3, 0.4) is 0 Å². The van der Waals surface area contributed by atoms with Crippen LogP contribution in [0.25, 0.3) is 22.2 Å². The predicted octanol–water partition coefficient (Wildman–Crippen LogP) is 5.75. The van der Waals surface area contributed by atoms with Crippen molar-refractivity contribution in [2.24, 2.45) is 0 Å². The fraction of sp³-hybridized carbons (Fsp3) is 0.0455. The number of carbonyl (C=O) groups excluding carboxylic acids is 1. The minimum absolute atomic E-state index is 0.268. The van der Waals surface area contributed by atoms with Crippen LogP contribution in [0.1, 0.15) is 26.3 Å². The second kappa shape index (κ2) is 8.10. The first kappa shape index (κ1) is 23.2. The van der Waals surface area contributed by atoms with Gasteiger partial charge in [0.25, 0.3) is 5.91 Å². The summed E-state index contributed by atoms with van der Waals surface area (Å²) in [6.07, 6.45) is -4.95. The molecular formula is C22H10ClF5N2O4. The van der Waals surface area contributed by atoms with Gasteiger partial charge in [-0.2, -0.15) is 23.0 Å². The number of carboxylic acids is 1. The van der Waals surface area contributed by atoms with Crippen molar-refractivity contribution in [2.75, 3.05) is 0 Å². The summed E-state index contributed by atoms with van der Waals surface area (Å²) < 4.78 is 70.1. The molecule has 3 aromatic carbocycles. The van der Waals surface area contributed by atoms with Gasteiger partial charge in [-0.25, -0.2) is 13.6 Å². The summed E-state index contributed by atoms with van der Waals surface area (Å²) in [5, 5.41) is 21.9. The van der Waals surface area contributed by atoms with Crippen LogP contribution < -0.4 is 0 Å². The molecule has 0 radical (unpaired) electrons. The van der Waals surface area contributed by atoms with Crippen LogP contribution in [0.2, 0.25) is 5.02 Å². The average molecular weight is 497 g/mol. The SMILES string of the molecule is O=C(O)c1c(O)cc(-c2nn(C(=O)c3c(Cl)cccc3C(F)(F)F)c3cccc(F)c23)cc1F. The van der Waals surface area contributed by atoms with Gasteiger partial charge < -0.3 is 10.2 Å². The highest BCUT2D eigenvalue weighted by molar-refractivity contribution is 6.34. The molecule has 12 heteroatoms. The van der Waals surface area contributed by atoms with Gasteiger partial charge in [0.1, 0.15) is 28.6 Å². The van der Waals surface area contributed by atoms with Gasteiger partial charge in [0, 0.05) is 5.56 Å². The fourth-order valence-corrected chi connectivity index (χ4v) is 3.76. The van der Waals surface area contributed by atoms with E-state index in [1.54, 1.807) is 0 Å². The Morgan fingerprint density at radius 2 is 1.65 bits per heavy atom. The summed E-state index contributed by atoms with van der Waals surface area (Å²) in [4.78, 5) is 24.3. The second-order valence-corrected chi connectivity index (χ2v) is 7.42. The fourth-order valence-electron chi connectivity index (χ4n) is 3.51. The lowest BCUT2D eigenvalue weighted by atomic mass is 10.0. The minimum atomic E-state index is -4.95. The normalized spacial score (nSPS) is 11.7. The maximum atomic E-state index is 14.7. The third-order valence-corrected chi connectivity index (χ3v) is 5.25. The molecule has 4 rings (SSSR count). The van der Waals surface area contributed by atoms with Crippen molar-refractivity contribution in [3.8, 4) is 17.0 Å². The highest BCUT2D eigenvalue weighted by Crippen LogP contribution is 2.38. The summed E-state index contributed by atoms with van der Waals surface area (Å²) in [6, 6.07) is 7.48. The second-order valence-electron chi connectivity index (χ2n) is 7.02. The summed E-state index contributed by atoms with van der Waals surface area (Å²) >= 11 is 5.90. The molecule has 174 valence electrons. The smallest absolute Gasteiger partial charge is 0.417 e. The molecule has 0 fully saturated rings. The van der Waals surface area contributed by atoms with E-state index in [-0.39, 0.29) is 16.5 Å². The molecule has 1 aromatic heterocycles. The predicted molar refractivity (Wildman–Crippen MR) is 110 cm³/mol. The van der Waals surface area contributed by atoms with Gasteiger partial charge in [0.05, 0.1) is 27.1 Å². The van der Waals surface area contributed by atoms with Crippen molar-refractivity contribution in [1.82, 2.24) is 9.78 Å². The van der Waals surface area contributed by atoms with Crippen molar-refractivity contribution >= 4 is 34.4 Å². The van der Waals surface area contributed by atoms with E-state index in [1.165, 1.54) is 12.1 Å². The number of hydrogen-bond acceptors (Lipinski definition) is 4. The number of phenols is 1. The zero-order chi connectivity index (χ0) is 24.9. The Morgan fingerprint density at radius 3 is 2.26 bits per heavy atom. The number of benzene rings is 3. The highest BCUT2D eigenvalue weighted by Gasteiger charge is 2.37. The van der Waals surface area contributed by atoms with Crippen molar-refractivity contribution in [3.05, 3.63) is 81.9 Å². The molecular weight excluding hydrogens is 487 g/mol. The number of rotatable bonds is 3. The third-order valence-electron chi connectivity index (χ3n) is 4.94. The number of aromatic hydroxyl groups is 1. The molecule has 0 aliphatic heterocycles. The Bertz CT molecular complexity index is 1470. The van der Waals surface area contributed by atoms with Crippen LogP contribution in [0, 0.1) is 11.6 Å². The van der Waals surface area contributed by atoms with Crippen LogP contribution in [-0.4, -0.2) is 31.9 Å². The van der Waals surface area contributed by atoms with Gasteiger partial charge in [-0.1, -0.05) is 23.7 Å². The first-order valence-electron chi connectivity index (χ1n) is 9.25. The van der Waals surface area contributed by atoms with E-state index in [0.717, 1.165) is 24.3 Å². The average Bonchev–Trinajstić information content (AvgIpc) is 3.13. The molecule has 6 nitrogen and oxygen atoms in total. The van der Waals surface area contributed by atoms with Crippen LogP contribution >= 0.6 is 11.6 Å². The Kier molecular flexibility index (Phi) is 5.52. The first-order chi connectivity index (χ1) is 15.9. The lowest BCUT2D eigenvalue weighted by Gasteiger charge is -2.13. The number of aromatic nitrogens is 2. The summed E-state index contributed by atoms with van der Waals surface area (Å²) in [6.45, 7) is 0. The van der Waals surface area contributed by atoms with Crippen molar-refractivity contribution in [2.45, 2.75) is 6.18 Å². The molecule has 0 saturated carbocycles. The summed E-state index contributed by atoms with van der Waals surface area (Å²) in [5.74, 6) is -6.44. The Morgan fingerprint density at radius 1 is 0.971 bits per heavy atom. The van der Waals surface area contributed by atoms with E-state index < -0.39 is 62.8 Å². The Labute approximate surface area is 191 Å². The number of nitrogens with zero attached hydrogens (tertiary/aromatic N) is 2. The monoisotopic (exact) mass is 496 g/mol. The number of carboxylic acid groups (broad SMARTS) is 1.